The lowest BCUT2D eigenvalue weighted by atomic mass is 10.1. The van der Waals surface area contributed by atoms with Gasteiger partial charge in [0.05, 0.1) is 12.0 Å². The molecule has 2 N–H and O–H groups in total. The number of aromatic nitrogens is 2. The number of halogens is 2. The summed E-state index contributed by atoms with van der Waals surface area (Å²) >= 11 is 5.93. The van der Waals surface area contributed by atoms with E-state index in [1.54, 1.807) is 58.8 Å². The van der Waals surface area contributed by atoms with Crippen molar-refractivity contribution >= 4 is 29.0 Å². The van der Waals surface area contributed by atoms with E-state index in [4.69, 9.17) is 17.3 Å². The van der Waals surface area contributed by atoms with Gasteiger partial charge in [-0.1, -0.05) is 35.9 Å². The van der Waals surface area contributed by atoms with E-state index in [1.165, 1.54) is 12.1 Å². The minimum atomic E-state index is -0.452. The Morgan fingerprint density at radius 3 is 2.63 bits per heavy atom. The highest BCUT2D eigenvalue weighted by Gasteiger charge is 2.21. The molecule has 0 amide bonds. The molecule has 1 heterocycles. The summed E-state index contributed by atoms with van der Waals surface area (Å²) in [6.07, 6.45) is 1.71. The first-order chi connectivity index (χ1) is 12.4. The van der Waals surface area contributed by atoms with Gasteiger partial charge in [-0.3, -0.25) is 20.6 Å². The van der Waals surface area contributed by atoms with E-state index in [0.717, 1.165) is 0 Å². The van der Waals surface area contributed by atoms with Crippen molar-refractivity contribution in [2.24, 2.45) is 7.05 Å². The summed E-state index contributed by atoms with van der Waals surface area (Å²) in [7, 11) is 1.74. The van der Waals surface area contributed by atoms with Gasteiger partial charge in [0.25, 0.3) is 5.69 Å². The predicted molar refractivity (Wildman–Crippen MR) is 97.9 cm³/mol. The van der Waals surface area contributed by atoms with Gasteiger partial charge in [-0.2, -0.15) is 0 Å². The molecular formula is C18H16BrClN4O3. The van der Waals surface area contributed by atoms with Gasteiger partial charge in [-0.25, -0.2) is 9.13 Å². The first-order valence-corrected chi connectivity index (χ1v) is 8.13. The number of hydrogen-bond acceptors (Lipinski definition) is 4. The maximum absolute atomic E-state index is 12.5. The second-order valence-corrected chi connectivity index (χ2v) is 6.24. The second-order valence-electron chi connectivity index (χ2n) is 5.80. The molecule has 0 spiro atoms. The molecule has 2 aromatic carbocycles. The number of non-ortho nitro benzene ring substituents is 1. The van der Waals surface area contributed by atoms with Crippen molar-refractivity contribution in [3.8, 4) is 11.3 Å². The quantitative estimate of drug-likeness (QED) is 0.256. The van der Waals surface area contributed by atoms with E-state index in [1.807, 2.05) is 0 Å². The number of Topliss-reactive ketones (excluding diaryl/α,β-unsaturated/α-hetero) is 1. The van der Waals surface area contributed by atoms with Crippen LogP contribution in [0.5, 0.6) is 0 Å². The number of carbonyl (C=O) groups is 1. The van der Waals surface area contributed by atoms with Crippen LogP contribution in [0.15, 0.2) is 54.7 Å². The number of nitro groups is 1. The Kier molecular flexibility index (Phi) is 6.35. The Hall–Kier alpha value is -2.71. The number of hydrogen-bond donors (Lipinski definition) is 1. The molecule has 0 saturated carbocycles. The van der Waals surface area contributed by atoms with E-state index in [2.05, 4.69) is 0 Å². The molecule has 0 fully saturated rings. The minimum absolute atomic E-state index is 0. The SMILES string of the molecule is Cn1c(-c2cccc([N+](=O)[O-])c2)c[n+](CC(=O)c2cccc(Cl)c2)c1N.[Br-]. The third kappa shape index (κ3) is 4.35. The van der Waals surface area contributed by atoms with Crippen LogP contribution in [-0.4, -0.2) is 15.3 Å². The van der Waals surface area contributed by atoms with Crippen molar-refractivity contribution in [2.45, 2.75) is 6.54 Å². The van der Waals surface area contributed by atoms with Gasteiger partial charge >= 0.3 is 5.95 Å². The fourth-order valence-electron chi connectivity index (χ4n) is 2.70. The number of carbonyl (C=O) groups excluding carboxylic acids is 1. The van der Waals surface area contributed by atoms with Crippen LogP contribution in [0.1, 0.15) is 10.4 Å². The number of rotatable bonds is 5. The lowest BCUT2D eigenvalue weighted by Gasteiger charge is -2.01. The molecule has 0 aliphatic carbocycles. The maximum atomic E-state index is 12.5. The summed E-state index contributed by atoms with van der Waals surface area (Å²) < 4.78 is 3.29. The number of nitro benzene ring substituents is 1. The summed E-state index contributed by atoms with van der Waals surface area (Å²) in [6, 6.07) is 13.0. The molecule has 0 saturated heterocycles. The van der Waals surface area contributed by atoms with Crippen LogP contribution in [0, 0.1) is 10.1 Å². The van der Waals surface area contributed by atoms with Crippen LogP contribution >= 0.6 is 11.6 Å². The molecule has 0 radical (unpaired) electrons. The lowest BCUT2D eigenvalue weighted by molar-refractivity contribution is -0.667. The number of nitrogens with two attached hydrogens (primary N) is 1. The number of benzene rings is 2. The second kappa shape index (κ2) is 8.32. The average molecular weight is 452 g/mol. The zero-order valence-electron chi connectivity index (χ0n) is 14.3. The number of ketones is 1. The normalized spacial score (nSPS) is 10.3. The molecule has 7 nitrogen and oxygen atoms in total. The summed E-state index contributed by atoms with van der Waals surface area (Å²) in [5, 5.41) is 11.5. The van der Waals surface area contributed by atoms with E-state index in [9.17, 15) is 14.9 Å². The number of nitrogens with zero attached hydrogens (tertiary/aromatic N) is 3. The monoisotopic (exact) mass is 450 g/mol. The highest BCUT2D eigenvalue weighted by molar-refractivity contribution is 6.30. The Bertz CT molecular complexity index is 1020. The van der Waals surface area contributed by atoms with Crippen LogP contribution in [0.2, 0.25) is 5.02 Å². The number of nitrogen functional groups attached to an aromatic ring is 1. The summed E-state index contributed by atoms with van der Waals surface area (Å²) in [5.74, 6) is 0.224. The summed E-state index contributed by atoms with van der Waals surface area (Å²) in [4.78, 5) is 23.0. The van der Waals surface area contributed by atoms with Gasteiger partial charge in [-0.15, -0.1) is 0 Å². The Balaban J connectivity index is 0.00000261. The third-order valence-electron chi connectivity index (χ3n) is 4.09. The average Bonchev–Trinajstić information content (AvgIpc) is 2.90. The molecular weight excluding hydrogens is 436 g/mol. The van der Waals surface area contributed by atoms with E-state index >= 15 is 0 Å². The molecule has 0 bridgehead atoms. The molecule has 140 valence electrons. The van der Waals surface area contributed by atoms with Crippen molar-refractivity contribution < 1.29 is 31.3 Å². The van der Waals surface area contributed by atoms with E-state index in [-0.39, 0.29) is 35.0 Å². The Labute approximate surface area is 170 Å². The van der Waals surface area contributed by atoms with Crippen LogP contribution in [0.25, 0.3) is 11.3 Å². The third-order valence-corrected chi connectivity index (χ3v) is 4.33. The van der Waals surface area contributed by atoms with Crippen molar-refractivity contribution in [3.05, 3.63) is 75.4 Å². The van der Waals surface area contributed by atoms with Crippen LogP contribution in [0.4, 0.5) is 11.6 Å². The van der Waals surface area contributed by atoms with Crippen molar-refractivity contribution in [2.75, 3.05) is 5.73 Å². The summed E-state index contributed by atoms with van der Waals surface area (Å²) in [6.45, 7) is 0.0366. The smallest absolute Gasteiger partial charge is 0.355 e. The topological polar surface area (TPSA) is 95.0 Å². The Morgan fingerprint density at radius 1 is 1.26 bits per heavy atom. The molecule has 27 heavy (non-hydrogen) atoms. The molecule has 1 aromatic heterocycles. The van der Waals surface area contributed by atoms with Crippen LogP contribution in [-0.2, 0) is 13.6 Å². The van der Waals surface area contributed by atoms with Gasteiger partial charge in [0.1, 0.15) is 18.4 Å². The van der Waals surface area contributed by atoms with Gasteiger partial charge in [0, 0.05) is 28.3 Å². The zero-order valence-corrected chi connectivity index (χ0v) is 16.6. The van der Waals surface area contributed by atoms with Gasteiger partial charge in [-0.05, 0) is 12.1 Å². The first-order valence-electron chi connectivity index (χ1n) is 7.75. The largest absolute Gasteiger partial charge is 1.00 e. The summed E-state index contributed by atoms with van der Waals surface area (Å²) in [5.41, 5.74) is 7.90. The molecule has 0 atom stereocenters. The lowest BCUT2D eigenvalue weighted by Crippen LogP contribution is -3.00. The van der Waals surface area contributed by atoms with Crippen molar-refractivity contribution in [1.29, 1.82) is 0 Å². The van der Waals surface area contributed by atoms with Crippen LogP contribution in [0.3, 0.4) is 0 Å². The molecule has 0 aliphatic heterocycles. The number of anilines is 1. The highest BCUT2D eigenvalue weighted by Crippen LogP contribution is 2.24. The highest BCUT2D eigenvalue weighted by atomic mass is 79.9. The predicted octanol–water partition coefficient (Wildman–Crippen LogP) is 0.0103. The number of imidazole rings is 1. The van der Waals surface area contributed by atoms with Crippen molar-refractivity contribution in [1.82, 2.24) is 4.57 Å². The van der Waals surface area contributed by atoms with Gasteiger partial charge in [0.15, 0.2) is 5.78 Å². The molecule has 3 aromatic rings. The van der Waals surface area contributed by atoms with Crippen LogP contribution < -0.4 is 27.3 Å². The Morgan fingerprint density at radius 2 is 1.96 bits per heavy atom. The molecule has 0 unspecified atom stereocenters. The molecule has 9 heteroatoms. The van der Waals surface area contributed by atoms with E-state index < -0.39 is 4.92 Å². The van der Waals surface area contributed by atoms with Crippen molar-refractivity contribution in [3.63, 3.8) is 0 Å². The maximum Gasteiger partial charge on any atom is 0.355 e. The van der Waals surface area contributed by atoms with Gasteiger partial charge in [0.2, 0.25) is 0 Å². The molecule has 3 rings (SSSR count). The standard InChI is InChI=1S/C18H15ClN4O3.BrH/c1-21-16(12-4-3-7-15(9-12)23(25)26)10-22(18(21)20)11-17(24)13-5-2-6-14(19)8-13;/h2-10,20H,11H2,1H3;1H. The first kappa shape index (κ1) is 20.6. The fraction of sp³-hybridized carbons (Fsp3) is 0.111. The van der Waals surface area contributed by atoms with E-state index in [0.29, 0.717) is 27.8 Å². The fourth-order valence-corrected chi connectivity index (χ4v) is 2.89. The molecule has 0 aliphatic rings. The van der Waals surface area contributed by atoms with Gasteiger partial charge < -0.3 is 17.0 Å². The zero-order chi connectivity index (χ0) is 18.8. The minimum Gasteiger partial charge on any atom is -1.00 e.